The van der Waals surface area contributed by atoms with Crippen molar-refractivity contribution in [2.45, 2.75) is 39.5 Å². The van der Waals surface area contributed by atoms with Crippen LogP contribution in [0.25, 0.3) is 6.08 Å². The Bertz CT molecular complexity index is 828. The zero-order valence-corrected chi connectivity index (χ0v) is 18.1. The van der Waals surface area contributed by atoms with Crippen molar-refractivity contribution < 1.29 is 4.79 Å². The van der Waals surface area contributed by atoms with E-state index in [9.17, 15) is 4.79 Å². The largest absolute Gasteiger partial charge is 0.358 e. The molecule has 3 rings (SSSR count). The lowest BCUT2D eigenvalue weighted by atomic mass is 9.88. The molecule has 0 radical (unpaired) electrons. The summed E-state index contributed by atoms with van der Waals surface area (Å²) in [5, 5.41) is 4.23. The summed E-state index contributed by atoms with van der Waals surface area (Å²) < 4.78 is 1.03. The Labute approximate surface area is 175 Å². The standard InChI is InChI=1S/C23H25BrClNO/c1-3-18(24)14-22-15(2)12-20(23(27)13-17-4-5-17)21(26-22)11-8-16-6-9-19(25)10-7-16/h3,6-11,14-15,17,26H,4-5,12-13H2,1-2H3/b11-8+,18-3+,22-14+. The Morgan fingerprint density at radius 3 is 2.59 bits per heavy atom. The molecule has 142 valence electrons. The van der Waals surface area contributed by atoms with E-state index in [1.807, 2.05) is 49.4 Å². The number of rotatable bonds is 6. The van der Waals surface area contributed by atoms with E-state index in [0.29, 0.717) is 12.3 Å². The number of ketones is 1. The van der Waals surface area contributed by atoms with Crippen LogP contribution in [0.2, 0.25) is 5.02 Å². The first-order chi connectivity index (χ1) is 13.0. The Morgan fingerprint density at radius 1 is 1.26 bits per heavy atom. The third kappa shape index (κ3) is 5.70. The second-order valence-electron chi connectivity index (χ2n) is 7.35. The maximum atomic E-state index is 12.9. The number of hydrogen-bond acceptors (Lipinski definition) is 2. The smallest absolute Gasteiger partial charge is 0.161 e. The van der Waals surface area contributed by atoms with Gasteiger partial charge in [-0.2, -0.15) is 0 Å². The fourth-order valence-corrected chi connectivity index (χ4v) is 3.53. The molecule has 1 unspecified atom stereocenters. The molecule has 27 heavy (non-hydrogen) atoms. The molecule has 1 saturated carbocycles. The van der Waals surface area contributed by atoms with Crippen LogP contribution in [0.1, 0.15) is 45.1 Å². The molecule has 1 atom stereocenters. The van der Waals surface area contributed by atoms with Gasteiger partial charge in [0.15, 0.2) is 5.78 Å². The summed E-state index contributed by atoms with van der Waals surface area (Å²) in [5.74, 6) is 1.16. The van der Waals surface area contributed by atoms with Crippen LogP contribution in [0.15, 0.2) is 63.9 Å². The number of benzene rings is 1. The summed E-state index contributed by atoms with van der Waals surface area (Å²) >= 11 is 9.53. The van der Waals surface area contributed by atoms with Gasteiger partial charge in [-0.25, -0.2) is 0 Å². The molecule has 0 aromatic heterocycles. The first-order valence-electron chi connectivity index (χ1n) is 9.46. The molecule has 2 nitrogen and oxygen atoms in total. The molecule has 0 saturated heterocycles. The van der Waals surface area contributed by atoms with E-state index in [1.165, 1.54) is 12.8 Å². The molecule has 1 fully saturated rings. The van der Waals surface area contributed by atoms with Crippen LogP contribution < -0.4 is 5.32 Å². The monoisotopic (exact) mass is 445 g/mol. The van der Waals surface area contributed by atoms with Crippen molar-refractivity contribution in [2.75, 3.05) is 0 Å². The van der Waals surface area contributed by atoms with Crippen LogP contribution in [-0.4, -0.2) is 5.78 Å². The molecule has 0 bridgehead atoms. The molecule has 1 aromatic carbocycles. The van der Waals surface area contributed by atoms with Gasteiger partial charge in [0, 0.05) is 38.8 Å². The van der Waals surface area contributed by atoms with E-state index in [1.54, 1.807) is 0 Å². The predicted octanol–water partition coefficient (Wildman–Crippen LogP) is 6.79. The van der Waals surface area contributed by atoms with E-state index in [-0.39, 0.29) is 11.7 Å². The van der Waals surface area contributed by atoms with E-state index >= 15 is 0 Å². The molecule has 1 aromatic rings. The Balaban J connectivity index is 1.90. The quantitative estimate of drug-likeness (QED) is 0.521. The number of hydrogen-bond donors (Lipinski definition) is 1. The minimum absolute atomic E-state index is 0.281. The van der Waals surface area contributed by atoms with E-state index in [4.69, 9.17) is 11.6 Å². The lowest BCUT2D eigenvalue weighted by Crippen LogP contribution is -2.28. The minimum atomic E-state index is 0.281. The summed E-state index contributed by atoms with van der Waals surface area (Å²) in [6, 6.07) is 7.70. The summed E-state index contributed by atoms with van der Waals surface area (Å²) in [4.78, 5) is 12.9. The highest BCUT2D eigenvalue weighted by molar-refractivity contribution is 9.11. The van der Waals surface area contributed by atoms with Crippen LogP contribution >= 0.6 is 27.5 Å². The lowest BCUT2D eigenvalue weighted by Gasteiger charge is -2.28. The fraction of sp³-hybridized carbons (Fsp3) is 0.348. The molecule has 2 aliphatic rings. The SMILES string of the molecule is C/C=C(Br)\C=C1\NC(/C=C/c2ccc(Cl)cc2)=C(C(=O)CC2CC2)CC1C. The highest BCUT2D eigenvalue weighted by Gasteiger charge is 2.30. The third-order valence-corrected chi connectivity index (χ3v) is 5.97. The van der Waals surface area contributed by atoms with Crippen LogP contribution in [-0.2, 0) is 4.79 Å². The van der Waals surface area contributed by atoms with Crippen molar-refractivity contribution in [3.05, 3.63) is 74.5 Å². The maximum absolute atomic E-state index is 12.9. The maximum Gasteiger partial charge on any atom is 0.161 e. The summed E-state index contributed by atoms with van der Waals surface area (Å²) in [6.45, 7) is 4.16. The molecule has 1 heterocycles. The van der Waals surface area contributed by atoms with Gasteiger partial charge in [0.2, 0.25) is 0 Å². The molecule has 1 aliphatic heterocycles. The second-order valence-corrected chi connectivity index (χ2v) is 8.70. The summed E-state index contributed by atoms with van der Waals surface area (Å²) in [5.41, 5.74) is 4.02. The zero-order chi connectivity index (χ0) is 19.4. The third-order valence-electron chi connectivity index (χ3n) is 5.03. The first-order valence-corrected chi connectivity index (χ1v) is 10.6. The van der Waals surface area contributed by atoms with Gasteiger partial charge in [-0.05, 0) is 62.0 Å². The molecular formula is C23H25BrClNO. The van der Waals surface area contributed by atoms with Crippen LogP contribution in [0.3, 0.4) is 0 Å². The van der Waals surface area contributed by atoms with E-state index in [0.717, 1.165) is 38.5 Å². The van der Waals surface area contributed by atoms with Gasteiger partial charge in [0.05, 0.1) is 0 Å². The van der Waals surface area contributed by atoms with E-state index in [2.05, 4.69) is 34.2 Å². The molecular weight excluding hydrogens is 422 g/mol. The van der Waals surface area contributed by atoms with E-state index < -0.39 is 0 Å². The molecule has 0 spiro atoms. The van der Waals surface area contributed by atoms with Gasteiger partial charge in [-0.15, -0.1) is 0 Å². The minimum Gasteiger partial charge on any atom is -0.358 e. The van der Waals surface area contributed by atoms with Crippen LogP contribution in [0.5, 0.6) is 0 Å². The summed E-state index contributed by atoms with van der Waals surface area (Å²) in [7, 11) is 0. The van der Waals surface area contributed by atoms with Crippen LogP contribution in [0.4, 0.5) is 0 Å². The number of nitrogens with one attached hydrogen (secondary N) is 1. The predicted molar refractivity (Wildman–Crippen MR) is 118 cm³/mol. The fourth-order valence-electron chi connectivity index (χ4n) is 3.16. The average Bonchev–Trinajstić information content (AvgIpc) is 3.47. The lowest BCUT2D eigenvalue weighted by molar-refractivity contribution is -0.116. The van der Waals surface area contributed by atoms with Gasteiger partial charge < -0.3 is 5.32 Å². The second kappa shape index (κ2) is 9.07. The van der Waals surface area contributed by atoms with Gasteiger partial charge in [0.25, 0.3) is 0 Å². The molecule has 1 aliphatic carbocycles. The first kappa shape index (κ1) is 20.2. The van der Waals surface area contributed by atoms with Crippen molar-refractivity contribution in [2.24, 2.45) is 11.8 Å². The van der Waals surface area contributed by atoms with Crippen molar-refractivity contribution in [3.8, 4) is 0 Å². The average molecular weight is 447 g/mol. The van der Waals surface area contributed by atoms with Crippen molar-refractivity contribution in [1.29, 1.82) is 0 Å². The number of Topliss-reactive ketones (excluding diaryl/α,β-unsaturated/α-hetero) is 1. The number of halogens is 2. The Hall–Kier alpha value is -1.58. The van der Waals surface area contributed by atoms with Gasteiger partial charge in [-0.1, -0.05) is 58.7 Å². The number of allylic oxidation sites excluding steroid dienone is 6. The summed E-state index contributed by atoms with van der Waals surface area (Å²) in [6.07, 6.45) is 12.0. The number of carbonyl (C=O) groups excluding carboxylic acids is 1. The molecule has 4 heteroatoms. The van der Waals surface area contributed by atoms with Gasteiger partial charge in [-0.3, -0.25) is 4.79 Å². The Kier molecular flexibility index (Phi) is 6.78. The molecule has 0 amide bonds. The number of carbonyl (C=O) groups is 1. The highest BCUT2D eigenvalue weighted by Crippen LogP contribution is 2.36. The molecule has 1 N–H and O–H groups in total. The Morgan fingerprint density at radius 2 is 1.96 bits per heavy atom. The zero-order valence-electron chi connectivity index (χ0n) is 15.8. The highest BCUT2D eigenvalue weighted by atomic mass is 79.9. The van der Waals surface area contributed by atoms with Crippen LogP contribution in [0, 0.1) is 11.8 Å². The van der Waals surface area contributed by atoms with Crippen molar-refractivity contribution >= 4 is 39.4 Å². The van der Waals surface area contributed by atoms with Crippen molar-refractivity contribution in [1.82, 2.24) is 5.32 Å². The topological polar surface area (TPSA) is 29.1 Å². The normalized spacial score (nSPS) is 22.4. The van der Waals surface area contributed by atoms with Gasteiger partial charge >= 0.3 is 0 Å². The van der Waals surface area contributed by atoms with Gasteiger partial charge in [0.1, 0.15) is 0 Å². The van der Waals surface area contributed by atoms with Crippen molar-refractivity contribution in [3.63, 3.8) is 0 Å².